The van der Waals surface area contributed by atoms with Crippen LogP contribution in [0, 0.1) is 0 Å². The first-order valence-electron chi connectivity index (χ1n) is 7.84. The highest BCUT2D eigenvalue weighted by Crippen LogP contribution is 2.24. The quantitative estimate of drug-likeness (QED) is 0.577. The topological polar surface area (TPSA) is 68.8 Å². The van der Waals surface area contributed by atoms with Gasteiger partial charge in [-0.05, 0) is 50.7 Å². The molecular formula is C17H22N2O4S. The minimum Gasteiger partial charge on any atom is -0.494 e. The van der Waals surface area contributed by atoms with Gasteiger partial charge in [0, 0.05) is 11.8 Å². The van der Waals surface area contributed by atoms with Crippen LogP contribution in [0.5, 0.6) is 11.5 Å². The number of rotatable bonds is 7. The Labute approximate surface area is 147 Å². The molecule has 24 heavy (non-hydrogen) atoms. The van der Waals surface area contributed by atoms with E-state index in [1.165, 1.54) is 0 Å². The molecule has 0 spiro atoms. The molecule has 0 radical (unpaired) electrons. The first kappa shape index (κ1) is 18.1. The zero-order valence-electron chi connectivity index (χ0n) is 14.1. The normalized spacial score (nSPS) is 13.9. The number of esters is 1. The van der Waals surface area contributed by atoms with Crippen molar-refractivity contribution in [2.75, 3.05) is 19.8 Å². The summed E-state index contributed by atoms with van der Waals surface area (Å²) in [6.07, 6.45) is 0. The van der Waals surface area contributed by atoms with Crippen LogP contribution in [0.15, 0.2) is 29.5 Å². The number of thiocarbonyl (C=S) groups is 1. The predicted octanol–water partition coefficient (Wildman–Crippen LogP) is 2.28. The largest absolute Gasteiger partial charge is 0.494 e. The summed E-state index contributed by atoms with van der Waals surface area (Å²) in [6.45, 7) is 7.23. The molecule has 1 aliphatic rings. The second-order valence-electron chi connectivity index (χ2n) is 5.17. The van der Waals surface area contributed by atoms with E-state index < -0.39 is 0 Å². The van der Waals surface area contributed by atoms with E-state index in [-0.39, 0.29) is 12.6 Å². The maximum Gasteiger partial charge on any atom is 0.337 e. The van der Waals surface area contributed by atoms with Crippen LogP contribution in [0.1, 0.15) is 26.3 Å². The van der Waals surface area contributed by atoms with Crippen LogP contribution in [-0.4, -0.2) is 30.8 Å². The number of hydrogen-bond acceptors (Lipinski definition) is 5. The molecule has 0 bridgehead atoms. The summed E-state index contributed by atoms with van der Waals surface area (Å²) in [6, 6.07) is 5.50. The maximum atomic E-state index is 12.2. The Morgan fingerprint density at radius 1 is 1.17 bits per heavy atom. The highest BCUT2D eigenvalue weighted by molar-refractivity contribution is 7.80. The van der Waals surface area contributed by atoms with Gasteiger partial charge in [-0.2, -0.15) is 0 Å². The second-order valence-corrected chi connectivity index (χ2v) is 5.57. The third-order valence-corrected chi connectivity index (χ3v) is 3.60. The molecule has 0 fully saturated rings. The van der Waals surface area contributed by atoms with Crippen molar-refractivity contribution in [1.82, 2.24) is 10.6 Å². The fourth-order valence-electron chi connectivity index (χ4n) is 2.27. The van der Waals surface area contributed by atoms with E-state index in [2.05, 4.69) is 10.6 Å². The highest BCUT2D eigenvalue weighted by Gasteiger charge is 2.19. The highest BCUT2D eigenvalue weighted by atomic mass is 32.1. The van der Waals surface area contributed by atoms with Crippen LogP contribution < -0.4 is 20.1 Å². The van der Waals surface area contributed by atoms with Gasteiger partial charge in [0.1, 0.15) is 18.1 Å². The molecule has 1 aromatic rings. The Kier molecular flexibility index (Phi) is 6.43. The lowest BCUT2D eigenvalue weighted by Crippen LogP contribution is -2.42. The lowest BCUT2D eigenvalue weighted by molar-refractivity contribution is -0.140. The SMILES string of the molecule is CCOc1cc(COC(=O)C2=C(C)NC(=S)NC2)cc(OCC)c1. The van der Waals surface area contributed by atoms with E-state index in [0.29, 0.717) is 47.6 Å². The van der Waals surface area contributed by atoms with E-state index in [4.69, 9.17) is 26.4 Å². The van der Waals surface area contributed by atoms with Gasteiger partial charge in [-0.15, -0.1) is 0 Å². The number of carbonyl (C=O) groups excluding carboxylic acids is 1. The molecule has 130 valence electrons. The molecule has 0 atom stereocenters. The van der Waals surface area contributed by atoms with Crippen molar-refractivity contribution < 1.29 is 19.0 Å². The zero-order chi connectivity index (χ0) is 17.5. The molecule has 1 aliphatic heterocycles. The maximum absolute atomic E-state index is 12.2. The molecule has 0 saturated heterocycles. The summed E-state index contributed by atoms with van der Waals surface area (Å²) in [7, 11) is 0. The van der Waals surface area contributed by atoms with Crippen molar-refractivity contribution in [3.05, 3.63) is 35.0 Å². The van der Waals surface area contributed by atoms with Crippen LogP contribution in [0.4, 0.5) is 0 Å². The van der Waals surface area contributed by atoms with Crippen molar-refractivity contribution in [2.24, 2.45) is 0 Å². The predicted molar refractivity (Wildman–Crippen MR) is 95.0 cm³/mol. The Bertz CT molecular complexity index is 634. The van der Waals surface area contributed by atoms with Gasteiger partial charge in [0.05, 0.1) is 25.3 Å². The summed E-state index contributed by atoms with van der Waals surface area (Å²) in [5.74, 6) is 1.00. The zero-order valence-corrected chi connectivity index (χ0v) is 14.9. The summed E-state index contributed by atoms with van der Waals surface area (Å²) in [4.78, 5) is 12.2. The molecule has 0 aliphatic carbocycles. The van der Waals surface area contributed by atoms with E-state index in [1.54, 1.807) is 6.92 Å². The number of nitrogens with one attached hydrogen (secondary N) is 2. The Balaban J connectivity index is 2.06. The van der Waals surface area contributed by atoms with Crippen LogP contribution >= 0.6 is 12.2 Å². The van der Waals surface area contributed by atoms with Gasteiger partial charge in [-0.3, -0.25) is 0 Å². The summed E-state index contributed by atoms with van der Waals surface area (Å²) in [5, 5.41) is 6.34. The number of benzene rings is 1. The van der Waals surface area contributed by atoms with Gasteiger partial charge in [0.2, 0.25) is 0 Å². The van der Waals surface area contributed by atoms with Crippen molar-refractivity contribution >= 4 is 23.3 Å². The lowest BCUT2D eigenvalue weighted by Gasteiger charge is -2.21. The van der Waals surface area contributed by atoms with E-state index in [9.17, 15) is 4.79 Å². The third-order valence-electron chi connectivity index (χ3n) is 3.36. The molecule has 0 unspecified atom stereocenters. The van der Waals surface area contributed by atoms with Gasteiger partial charge >= 0.3 is 5.97 Å². The minimum atomic E-state index is -0.380. The molecule has 0 aromatic heterocycles. The average Bonchev–Trinajstić information content (AvgIpc) is 2.53. The van der Waals surface area contributed by atoms with E-state index in [1.807, 2.05) is 32.0 Å². The van der Waals surface area contributed by atoms with Crippen molar-refractivity contribution in [2.45, 2.75) is 27.4 Å². The molecular weight excluding hydrogens is 328 g/mol. The van der Waals surface area contributed by atoms with Gasteiger partial charge < -0.3 is 24.8 Å². The van der Waals surface area contributed by atoms with E-state index in [0.717, 1.165) is 5.56 Å². The van der Waals surface area contributed by atoms with Gasteiger partial charge in [0.25, 0.3) is 0 Å². The van der Waals surface area contributed by atoms with Crippen molar-refractivity contribution in [3.8, 4) is 11.5 Å². The fraction of sp³-hybridized carbons (Fsp3) is 0.412. The molecule has 7 heteroatoms. The molecule has 2 N–H and O–H groups in total. The van der Waals surface area contributed by atoms with E-state index >= 15 is 0 Å². The Morgan fingerprint density at radius 2 is 1.79 bits per heavy atom. The van der Waals surface area contributed by atoms with Crippen LogP contribution in [0.2, 0.25) is 0 Å². The molecule has 2 rings (SSSR count). The number of ether oxygens (including phenoxy) is 3. The molecule has 0 saturated carbocycles. The first-order chi connectivity index (χ1) is 11.5. The smallest absolute Gasteiger partial charge is 0.337 e. The Hall–Kier alpha value is -2.28. The van der Waals surface area contributed by atoms with Crippen LogP contribution in [-0.2, 0) is 16.1 Å². The molecule has 1 heterocycles. The number of allylic oxidation sites excluding steroid dienone is 1. The molecule has 0 amide bonds. The Morgan fingerprint density at radius 3 is 2.33 bits per heavy atom. The average molecular weight is 350 g/mol. The van der Waals surface area contributed by atoms with Crippen molar-refractivity contribution in [3.63, 3.8) is 0 Å². The lowest BCUT2D eigenvalue weighted by atomic mass is 10.2. The van der Waals surface area contributed by atoms with Crippen LogP contribution in [0.25, 0.3) is 0 Å². The number of carbonyl (C=O) groups is 1. The minimum absolute atomic E-state index is 0.140. The fourth-order valence-corrected chi connectivity index (χ4v) is 2.49. The first-order valence-corrected chi connectivity index (χ1v) is 8.25. The third kappa shape index (κ3) is 4.86. The number of hydrogen-bond donors (Lipinski definition) is 2. The summed E-state index contributed by atoms with van der Waals surface area (Å²) in [5.41, 5.74) is 2.06. The molecule has 1 aromatic carbocycles. The molecule has 6 nitrogen and oxygen atoms in total. The van der Waals surface area contributed by atoms with Crippen molar-refractivity contribution in [1.29, 1.82) is 0 Å². The van der Waals surface area contributed by atoms with Gasteiger partial charge in [-0.1, -0.05) is 0 Å². The summed E-state index contributed by atoms with van der Waals surface area (Å²) >= 11 is 5.01. The van der Waals surface area contributed by atoms with Crippen LogP contribution in [0.3, 0.4) is 0 Å². The van der Waals surface area contributed by atoms with Gasteiger partial charge in [-0.25, -0.2) is 4.79 Å². The summed E-state index contributed by atoms with van der Waals surface area (Å²) < 4.78 is 16.5. The monoisotopic (exact) mass is 350 g/mol. The second kappa shape index (κ2) is 8.54. The standard InChI is InChI=1S/C17H22N2O4S/c1-4-21-13-6-12(7-14(8-13)22-5-2)10-23-16(20)15-9-18-17(24)19-11(15)3/h6-8H,4-5,9-10H2,1-3H3,(H2,18,19,24). The van der Waals surface area contributed by atoms with Gasteiger partial charge in [0.15, 0.2) is 5.11 Å².